The zero-order valence-corrected chi connectivity index (χ0v) is 9.83. The van der Waals surface area contributed by atoms with Crippen molar-refractivity contribution in [2.45, 2.75) is 20.1 Å². The maximum atomic E-state index is 5.38. The van der Waals surface area contributed by atoms with Gasteiger partial charge in [0.05, 0.1) is 0 Å². The predicted molar refractivity (Wildman–Crippen MR) is 49.0 cm³/mol. The zero-order valence-electron chi connectivity index (χ0n) is 8.83. The smallest absolute Gasteiger partial charge is 0.355 e. The van der Waals surface area contributed by atoms with E-state index in [0.717, 1.165) is 0 Å². The van der Waals surface area contributed by atoms with Gasteiger partial charge in [-0.15, -0.1) is 0 Å². The molecule has 6 heteroatoms. The van der Waals surface area contributed by atoms with Crippen molar-refractivity contribution in [3.05, 3.63) is 0 Å². The summed E-state index contributed by atoms with van der Waals surface area (Å²) in [5, 5.41) is 0. The van der Waals surface area contributed by atoms with Crippen molar-refractivity contribution in [3.63, 3.8) is 0 Å². The second-order valence-corrected chi connectivity index (χ2v) is 4.71. The van der Waals surface area contributed by atoms with Crippen LogP contribution >= 0.6 is 0 Å². The molecule has 0 rings (SSSR count). The van der Waals surface area contributed by atoms with E-state index in [1.807, 2.05) is 6.92 Å². The summed E-state index contributed by atoms with van der Waals surface area (Å²) in [6.07, 6.45) is -0.392. The first-order valence-electron chi connectivity index (χ1n) is 4.09. The standard InChI is InChI=1S/C7H18O5Si/c1-6-11-7(2)12-13(8-3,9-4)10-5/h7H,6H2,1-5H3. The van der Waals surface area contributed by atoms with Crippen LogP contribution in [0, 0.1) is 0 Å². The van der Waals surface area contributed by atoms with Crippen LogP contribution in [-0.4, -0.2) is 43.3 Å². The van der Waals surface area contributed by atoms with Crippen molar-refractivity contribution >= 4 is 9.05 Å². The van der Waals surface area contributed by atoms with E-state index < -0.39 is 15.3 Å². The van der Waals surface area contributed by atoms with Crippen LogP contribution in [0.25, 0.3) is 0 Å². The normalized spacial score (nSPS) is 14.5. The Hall–Kier alpha value is 0.0169. The third-order valence-corrected chi connectivity index (χ3v) is 3.58. The lowest BCUT2D eigenvalue weighted by Crippen LogP contribution is -2.49. The van der Waals surface area contributed by atoms with Gasteiger partial charge in [0.25, 0.3) is 0 Å². The molecule has 13 heavy (non-hydrogen) atoms. The largest absolute Gasteiger partial charge is 0.680 e. The quantitative estimate of drug-likeness (QED) is 0.458. The molecule has 0 aliphatic carbocycles. The Balaban J connectivity index is 4.07. The third-order valence-electron chi connectivity index (χ3n) is 1.46. The molecule has 0 N–H and O–H groups in total. The van der Waals surface area contributed by atoms with Crippen LogP contribution in [0.3, 0.4) is 0 Å². The van der Waals surface area contributed by atoms with Gasteiger partial charge < -0.3 is 22.4 Å². The van der Waals surface area contributed by atoms with Crippen LogP contribution in [0.2, 0.25) is 0 Å². The summed E-state index contributed by atoms with van der Waals surface area (Å²) in [5.41, 5.74) is 0. The van der Waals surface area contributed by atoms with E-state index >= 15 is 0 Å². The van der Waals surface area contributed by atoms with Gasteiger partial charge in [0.2, 0.25) is 0 Å². The van der Waals surface area contributed by atoms with Gasteiger partial charge in [-0.2, -0.15) is 0 Å². The minimum Gasteiger partial charge on any atom is -0.355 e. The lowest BCUT2D eigenvalue weighted by atomic mass is 10.7. The first-order valence-corrected chi connectivity index (χ1v) is 5.72. The minimum absolute atomic E-state index is 0.392. The molecular formula is C7H18O5Si. The summed E-state index contributed by atoms with van der Waals surface area (Å²) in [6.45, 7) is 4.22. The van der Waals surface area contributed by atoms with Crippen molar-refractivity contribution < 1.29 is 22.4 Å². The lowest BCUT2D eigenvalue weighted by molar-refractivity contribution is -0.127. The van der Waals surface area contributed by atoms with E-state index in [9.17, 15) is 0 Å². The Morgan fingerprint density at radius 2 is 1.54 bits per heavy atom. The van der Waals surface area contributed by atoms with Crippen LogP contribution < -0.4 is 0 Å². The molecular weight excluding hydrogens is 192 g/mol. The Kier molecular flexibility index (Phi) is 6.48. The molecule has 0 aliphatic rings. The van der Waals surface area contributed by atoms with Gasteiger partial charge in [-0.05, 0) is 13.8 Å². The maximum Gasteiger partial charge on any atom is 0.680 e. The molecule has 1 unspecified atom stereocenters. The number of rotatable bonds is 7. The van der Waals surface area contributed by atoms with E-state index in [1.54, 1.807) is 6.92 Å². The summed E-state index contributed by atoms with van der Waals surface area (Å²) in [4.78, 5) is 0. The molecule has 0 aromatic carbocycles. The average molecular weight is 210 g/mol. The van der Waals surface area contributed by atoms with Gasteiger partial charge in [0.15, 0.2) is 6.29 Å². The molecule has 0 bridgehead atoms. The summed E-state index contributed by atoms with van der Waals surface area (Å²) in [5.74, 6) is 0. The number of hydrogen-bond acceptors (Lipinski definition) is 5. The highest BCUT2D eigenvalue weighted by Gasteiger charge is 2.44. The first-order chi connectivity index (χ1) is 6.14. The molecule has 80 valence electrons. The van der Waals surface area contributed by atoms with E-state index in [2.05, 4.69) is 0 Å². The van der Waals surface area contributed by atoms with Crippen LogP contribution in [0.15, 0.2) is 0 Å². The van der Waals surface area contributed by atoms with E-state index in [0.29, 0.717) is 6.61 Å². The SMILES string of the molecule is CCOC(C)O[Si](OC)(OC)OC. The predicted octanol–water partition coefficient (Wildman–Crippen LogP) is 0.760. The van der Waals surface area contributed by atoms with E-state index in [-0.39, 0.29) is 0 Å². The van der Waals surface area contributed by atoms with Crippen LogP contribution in [0.1, 0.15) is 13.8 Å². The highest BCUT2D eigenvalue weighted by Crippen LogP contribution is 2.11. The van der Waals surface area contributed by atoms with E-state index in [1.165, 1.54) is 21.3 Å². The molecule has 5 nitrogen and oxygen atoms in total. The second-order valence-electron chi connectivity index (χ2n) is 2.25. The van der Waals surface area contributed by atoms with Crippen LogP contribution in [0.5, 0.6) is 0 Å². The molecule has 0 radical (unpaired) electrons. The molecule has 1 atom stereocenters. The molecule has 0 fully saturated rings. The van der Waals surface area contributed by atoms with Gasteiger partial charge in [-0.3, -0.25) is 0 Å². The molecule has 0 saturated heterocycles. The molecule has 0 aromatic heterocycles. The highest BCUT2D eigenvalue weighted by atomic mass is 28.4. The Morgan fingerprint density at radius 1 is 1.08 bits per heavy atom. The molecule has 0 spiro atoms. The highest BCUT2D eigenvalue weighted by molar-refractivity contribution is 6.53. The number of ether oxygens (including phenoxy) is 1. The third kappa shape index (κ3) is 4.16. The molecule has 0 heterocycles. The minimum atomic E-state index is -2.94. The van der Waals surface area contributed by atoms with Crippen molar-refractivity contribution in [2.75, 3.05) is 27.9 Å². The fourth-order valence-electron chi connectivity index (χ4n) is 0.866. The Morgan fingerprint density at radius 3 is 1.85 bits per heavy atom. The average Bonchev–Trinajstić information content (AvgIpc) is 2.15. The van der Waals surface area contributed by atoms with Crippen molar-refractivity contribution in [3.8, 4) is 0 Å². The van der Waals surface area contributed by atoms with Gasteiger partial charge in [0.1, 0.15) is 0 Å². The summed E-state index contributed by atoms with van der Waals surface area (Å²) in [7, 11) is 1.51. The molecule has 0 aliphatic heterocycles. The van der Waals surface area contributed by atoms with E-state index in [4.69, 9.17) is 22.4 Å². The molecule has 0 saturated carbocycles. The zero-order chi connectivity index (χ0) is 10.3. The van der Waals surface area contributed by atoms with Crippen molar-refractivity contribution in [1.29, 1.82) is 0 Å². The fraction of sp³-hybridized carbons (Fsp3) is 1.00. The Labute approximate surface area is 80.4 Å². The van der Waals surface area contributed by atoms with Gasteiger partial charge >= 0.3 is 9.05 Å². The summed E-state index contributed by atoms with van der Waals surface area (Å²) < 4.78 is 25.7. The molecule has 0 aromatic rings. The van der Waals surface area contributed by atoms with Crippen LogP contribution in [-0.2, 0) is 22.4 Å². The first kappa shape index (κ1) is 13.0. The summed E-state index contributed by atoms with van der Waals surface area (Å²) in [6, 6.07) is 0. The van der Waals surface area contributed by atoms with Crippen molar-refractivity contribution in [2.24, 2.45) is 0 Å². The van der Waals surface area contributed by atoms with Crippen LogP contribution in [0.4, 0.5) is 0 Å². The monoisotopic (exact) mass is 210 g/mol. The van der Waals surface area contributed by atoms with Crippen molar-refractivity contribution in [1.82, 2.24) is 0 Å². The topological polar surface area (TPSA) is 46.2 Å². The number of hydrogen-bond donors (Lipinski definition) is 0. The second kappa shape index (κ2) is 6.47. The van der Waals surface area contributed by atoms with Gasteiger partial charge in [0, 0.05) is 27.9 Å². The lowest BCUT2D eigenvalue weighted by Gasteiger charge is -2.26. The van der Waals surface area contributed by atoms with Gasteiger partial charge in [-0.25, -0.2) is 0 Å². The van der Waals surface area contributed by atoms with Gasteiger partial charge in [-0.1, -0.05) is 0 Å². The maximum absolute atomic E-state index is 5.38. The fourth-order valence-corrected chi connectivity index (χ4v) is 2.13. The summed E-state index contributed by atoms with van der Waals surface area (Å²) >= 11 is 0. The Bertz CT molecular complexity index is 120. The molecule has 0 amide bonds.